The van der Waals surface area contributed by atoms with Crippen molar-refractivity contribution in [1.29, 1.82) is 0 Å². The van der Waals surface area contributed by atoms with E-state index in [2.05, 4.69) is 181 Å². The predicted octanol–water partition coefficient (Wildman–Crippen LogP) is 15.8. The summed E-state index contributed by atoms with van der Waals surface area (Å²) in [5.41, 5.74) is 11.2. The first-order valence-electron chi connectivity index (χ1n) is 18.9. The molecule has 0 spiro atoms. The van der Waals surface area contributed by atoms with Crippen molar-refractivity contribution in [2.24, 2.45) is 0 Å². The second-order valence-corrected chi connectivity index (χ2v) is 15.5. The van der Waals surface area contributed by atoms with Crippen molar-refractivity contribution in [3.63, 3.8) is 0 Å². The van der Waals surface area contributed by atoms with Gasteiger partial charge in [-0.2, -0.15) is 0 Å². The Balaban J connectivity index is 1.06. The second-order valence-electron chi connectivity index (χ2n) is 14.4. The van der Waals surface area contributed by atoms with Gasteiger partial charge >= 0.3 is 0 Å². The summed E-state index contributed by atoms with van der Waals surface area (Å²) in [6.45, 7) is 0. The minimum atomic E-state index is 0.870. The lowest BCUT2D eigenvalue weighted by atomic mass is 9.98. The van der Waals surface area contributed by atoms with Gasteiger partial charge in [0.1, 0.15) is 22.3 Å². The number of furan rings is 2. The molecule has 3 heterocycles. The molecule has 0 fully saturated rings. The lowest BCUT2D eigenvalue weighted by Crippen LogP contribution is -2.11. The van der Waals surface area contributed by atoms with Crippen molar-refractivity contribution < 1.29 is 8.83 Å². The van der Waals surface area contributed by atoms with E-state index >= 15 is 0 Å². The summed E-state index contributed by atoms with van der Waals surface area (Å²) >= 11 is 1.86. The maximum atomic E-state index is 6.78. The van der Waals surface area contributed by atoms with Crippen molar-refractivity contribution >= 4 is 103 Å². The molecule has 0 aliphatic carbocycles. The van der Waals surface area contributed by atoms with Crippen molar-refractivity contribution in [3.05, 3.63) is 188 Å². The number of anilines is 3. The first-order chi connectivity index (χ1) is 27.7. The summed E-state index contributed by atoms with van der Waals surface area (Å²) in [5, 5.41) is 9.39. The summed E-state index contributed by atoms with van der Waals surface area (Å²) in [6, 6.07) is 67.3. The largest absolute Gasteiger partial charge is 0.456 e. The van der Waals surface area contributed by atoms with Gasteiger partial charge in [0.2, 0.25) is 0 Å². The van der Waals surface area contributed by atoms with Crippen LogP contribution in [0.3, 0.4) is 0 Å². The summed E-state index contributed by atoms with van der Waals surface area (Å²) in [6.07, 6.45) is 0. The lowest BCUT2D eigenvalue weighted by Gasteiger charge is -2.28. The number of fused-ring (bicyclic) bond motifs is 10. The van der Waals surface area contributed by atoms with Gasteiger partial charge in [0, 0.05) is 64.2 Å². The highest BCUT2D eigenvalue weighted by Crippen LogP contribution is 2.47. The van der Waals surface area contributed by atoms with Crippen molar-refractivity contribution in [1.82, 2.24) is 0 Å². The number of benzene rings is 9. The van der Waals surface area contributed by atoms with Crippen LogP contribution in [0.1, 0.15) is 0 Å². The quantitative estimate of drug-likeness (QED) is 0.176. The zero-order valence-corrected chi connectivity index (χ0v) is 30.9. The number of para-hydroxylation sites is 3. The molecule has 0 amide bonds. The topological polar surface area (TPSA) is 29.5 Å². The summed E-state index contributed by atoms with van der Waals surface area (Å²) in [4.78, 5) is 2.37. The van der Waals surface area contributed by atoms with Crippen LogP contribution >= 0.6 is 11.3 Å². The van der Waals surface area contributed by atoms with Gasteiger partial charge in [-0.25, -0.2) is 0 Å². The monoisotopic (exact) mass is 733 g/mol. The molecule has 12 aromatic rings. The first kappa shape index (κ1) is 31.2. The Morgan fingerprint density at radius 1 is 0.375 bits per heavy atom. The highest BCUT2D eigenvalue weighted by atomic mass is 32.1. The summed E-state index contributed by atoms with van der Waals surface area (Å²) in [7, 11) is 0. The summed E-state index contributed by atoms with van der Waals surface area (Å²) in [5.74, 6) is 0. The standard InChI is InChI=1S/C52H31NO2S/c1-2-12-34-30-49-44(29-33(34)11-1)42-18-10-17-41(51(42)55-49)38-13-3-6-20-46(38)53(36-27-28-48-45(31-36)39-14-4-7-21-47(39)54-48)35-25-23-32(24-26-35)37-16-9-19-43-40-15-5-8-22-50(40)56-52(37)43/h1-31H. The van der Waals surface area contributed by atoms with E-state index in [4.69, 9.17) is 8.83 Å². The van der Waals surface area contributed by atoms with Crippen LogP contribution in [0.25, 0.3) is 97.1 Å². The Morgan fingerprint density at radius 2 is 1.02 bits per heavy atom. The van der Waals surface area contributed by atoms with Gasteiger partial charge in [0.25, 0.3) is 0 Å². The summed E-state index contributed by atoms with van der Waals surface area (Å²) < 4.78 is 15.7. The van der Waals surface area contributed by atoms with Gasteiger partial charge in [-0.1, -0.05) is 127 Å². The van der Waals surface area contributed by atoms with E-state index in [1.54, 1.807) is 0 Å². The zero-order valence-electron chi connectivity index (χ0n) is 30.1. The minimum absolute atomic E-state index is 0.870. The molecule has 9 aromatic carbocycles. The van der Waals surface area contributed by atoms with Gasteiger partial charge in [0.15, 0.2) is 0 Å². The molecular weight excluding hydrogens is 703 g/mol. The van der Waals surface area contributed by atoms with Crippen molar-refractivity contribution in [2.45, 2.75) is 0 Å². The van der Waals surface area contributed by atoms with Gasteiger partial charge in [-0.3, -0.25) is 0 Å². The highest BCUT2D eigenvalue weighted by molar-refractivity contribution is 7.26. The van der Waals surface area contributed by atoms with Crippen LogP contribution < -0.4 is 4.90 Å². The molecule has 0 aliphatic rings. The lowest BCUT2D eigenvalue weighted by molar-refractivity contribution is 0.669. The fourth-order valence-corrected chi connectivity index (χ4v) is 9.88. The minimum Gasteiger partial charge on any atom is -0.456 e. The van der Waals surface area contributed by atoms with Crippen LogP contribution in [0, 0.1) is 0 Å². The smallest absolute Gasteiger partial charge is 0.143 e. The van der Waals surface area contributed by atoms with E-state index in [0.29, 0.717) is 0 Å². The van der Waals surface area contributed by atoms with Crippen LogP contribution in [0.5, 0.6) is 0 Å². The number of hydrogen-bond donors (Lipinski definition) is 0. The van der Waals surface area contributed by atoms with Crippen LogP contribution in [0.2, 0.25) is 0 Å². The highest BCUT2D eigenvalue weighted by Gasteiger charge is 2.22. The van der Waals surface area contributed by atoms with Gasteiger partial charge in [-0.15, -0.1) is 11.3 Å². The average molecular weight is 734 g/mol. The Bertz CT molecular complexity index is 3500. The molecule has 12 rings (SSSR count). The molecule has 0 unspecified atom stereocenters. The number of thiophene rings is 1. The number of hydrogen-bond acceptors (Lipinski definition) is 4. The third-order valence-corrected chi connectivity index (χ3v) is 12.5. The van der Waals surface area contributed by atoms with E-state index in [-0.39, 0.29) is 0 Å². The SMILES string of the molecule is c1ccc(N(c2ccc(-c3cccc4c3sc3ccccc34)cc2)c2ccc3oc4ccccc4c3c2)c(-c2cccc3c2oc2cc4ccccc4cc23)c1. The molecule has 56 heavy (non-hydrogen) atoms. The van der Waals surface area contributed by atoms with Crippen molar-refractivity contribution in [2.75, 3.05) is 4.90 Å². The molecule has 0 radical (unpaired) electrons. The predicted molar refractivity (Wildman–Crippen MR) is 237 cm³/mol. The molecule has 0 aliphatic heterocycles. The Kier molecular flexibility index (Phi) is 6.80. The van der Waals surface area contributed by atoms with Crippen LogP contribution in [0.15, 0.2) is 197 Å². The van der Waals surface area contributed by atoms with E-state index in [0.717, 1.165) is 72.1 Å². The Morgan fingerprint density at radius 3 is 1.91 bits per heavy atom. The fourth-order valence-electron chi connectivity index (χ4n) is 8.64. The Labute approximate surface area is 325 Å². The fraction of sp³-hybridized carbons (Fsp3) is 0. The maximum absolute atomic E-state index is 6.78. The molecule has 3 nitrogen and oxygen atoms in total. The first-order valence-corrected chi connectivity index (χ1v) is 19.7. The van der Waals surface area contributed by atoms with E-state index in [9.17, 15) is 0 Å². The molecule has 4 heteroatoms. The van der Waals surface area contributed by atoms with E-state index < -0.39 is 0 Å². The van der Waals surface area contributed by atoms with E-state index in [1.165, 1.54) is 42.1 Å². The third kappa shape index (κ3) is 4.76. The molecule has 262 valence electrons. The van der Waals surface area contributed by atoms with Crippen LogP contribution in [-0.4, -0.2) is 0 Å². The number of rotatable bonds is 5. The third-order valence-electron chi connectivity index (χ3n) is 11.3. The van der Waals surface area contributed by atoms with Gasteiger partial charge in [-0.05, 0) is 82.6 Å². The van der Waals surface area contributed by atoms with Crippen molar-refractivity contribution in [3.8, 4) is 22.3 Å². The second kappa shape index (κ2) is 12.2. The number of nitrogens with zero attached hydrogens (tertiary/aromatic N) is 1. The molecule has 0 saturated heterocycles. The van der Waals surface area contributed by atoms with Crippen LogP contribution in [0.4, 0.5) is 17.1 Å². The molecule has 0 atom stereocenters. The van der Waals surface area contributed by atoms with Gasteiger partial charge < -0.3 is 13.7 Å². The molecular formula is C52H31NO2S. The van der Waals surface area contributed by atoms with Crippen LogP contribution in [-0.2, 0) is 0 Å². The molecule has 3 aromatic heterocycles. The maximum Gasteiger partial charge on any atom is 0.143 e. The normalized spacial score (nSPS) is 11.9. The molecule has 0 bridgehead atoms. The molecule has 0 saturated carbocycles. The average Bonchev–Trinajstić information content (AvgIpc) is 3.94. The molecule has 0 N–H and O–H groups in total. The van der Waals surface area contributed by atoms with Gasteiger partial charge in [0.05, 0.1) is 5.69 Å². The van der Waals surface area contributed by atoms with E-state index in [1.807, 2.05) is 23.5 Å². The zero-order chi connectivity index (χ0) is 36.7. The Hall–Kier alpha value is -7.14.